The first kappa shape index (κ1) is 15.2. The Labute approximate surface area is 126 Å². The fourth-order valence-corrected chi connectivity index (χ4v) is 2.78. The molecule has 0 aliphatic carbocycles. The molecular weight excluding hydrogens is 272 g/mol. The predicted octanol–water partition coefficient (Wildman–Crippen LogP) is 4.02. The summed E-state index contributed by atoms with van der Waals surface area (Å²) >= 11 is 5.91. The molecule has 3 nitrogen and oxygen atoms in total. The number of rotatable bonds is 2. The molecule has 1 aromatic rings. The molecule has 0 spiro atoms. The molecule has 20 heavy (non-hydrogen) atoms. The molecule has 0 saturated carbocycles. The Balaban J connectivity index is 2.03. The Morgan fingerprint density at radius 2 is 2.00 bits per heavy atom. The van der Waals surface area contributed by atoms with Crippen LogP contribution < -0.4 is 5.32 Å². The first-order valence-electron chi connectivity index (χ1n) is 7.21. The maximum Gasteiger partial charge on any atom is 0.318 e. The molecule has 4 heteroatoms. The Hall–Kier alpha value is -1.22. The summed E-state index contributed by atoms with van der Waals surface area (Å²) in [7, 11) is 0. The summed E-state index contributed by atoms with van der Waals surface area (Å²) in [5.74, 6) is 0.591. The maximum atomic E-state index is 12.4. The van der Waals surface area contributed by atoms with Gasteiger partial charge < -0.3 is 10.2 Å². The number of halogens is 1. The van der Waals surface area contributed by atoms with Crippen LogP contribution in [0, 0.1) is 5.92 Å². The van der Waals surface area contributed by atoms with Crippen LogP contribution in [0.15, 0.2) is 24.3 Å². The van der Waals surface area contributed by atoms with Gasteiger partial charge in [-0.2, -0.15) is 0 Å². The molecule has 1 N–H and O–H groups in total. The fraction of sp³-hybridized carbons (Fsp3) is 0.562. The number of nitrogens with zero attached hydrogens (tertiary/aromatic N) is 1. The largest absolute Gasteiger partial charge is 0.329 e. The lowest BCUT2D eigenvalue weighted by molar-refractivity contribution is 0.160. The van der Waals surface area contributed by atoms with Gasteiger partial charge in [0.2, 0.25) is 0 Å². The molecule has 1 aliphatic heterocycles. The highest BCUT2D eigenvalue weighted by molar-refractivity contribution is 6.30. The van der Waals surface area contributed by atoms with Gasteiger partial charge in [0.25, 0.3) is 0 Å². The highest BCUT2D eigenvalue weighted by Gasteiger charge is 2.27. The van der Waals surface area contributed by atoms with E-state index < -0.39 is 5.54 Å². The molecule has 0 radical (unpaired) electrons. The number of hydrogen-bond donors (Lipinski definition) is 1. The predicted molar refractivity (Wildman–Crippen MR) is 83.0 cm³/mol. The molecule has 0 aromatic heterocycles. The molecule has 1 heterocycles. The zero-order chi connectivity index (χ0) is 14.8. The SMILES string of the molecule is CC1CCCN(C(=O)NC(C)(C)c2ccc(Cl)cc2)C1. The van der Waals surface area contributed by atoms with Crippen molar-refractivity contribution >= 4 is 17.6 Å². The molecule has 110 valence electrons. The first-order valence-corrected chi connectivity index (χ1v) is 7.59. The van der Waals surface area contributed by atoms with Crippen molar-refractivity contribution in [1.82, 2.24) is 10.2 Å². The van der Waals surface area contributed by atoms with E-state index in [9.17, 15) is 4.79 Å². The van der Waals surface area contributed by atoms with Crippen molar-refractivity contribution in [2.24, 2.45) is 5.92 Å². The van der Waals surface area contributed by atoms with Crippen molar-refractivity contribution in [2.75, 3.05) is 13.1 Å². The fourth-order valence-electron chi connectivity index (χ4n) is 2.66. The summed E-state index contributed by atoms with van der Waals surface area (Å²) in [6.07, 6.45) is 2.31. The van der Waals surface area contributed by atoms with E-state index in [2.05, 4.69) is 12.2 Å². The lowest BCUT2D eigenvalue weighted by Crippen LogP contribution is -2.51. The molecular formula is C16H23ClN2O. The minimum Gasteiger partial charge on any atom is -0.329 e. The van der Waals surface area contributed by atoms with Gasteiger partial charge in [0.15, 0.2) is 0 Å². The van der Waals surface area contributed by atoms with E-state index in [0.717, 1.165) is 25.1 Å². The normalized spacial score (nSPS) is 19.8. The Morgan fingerprint density at radius 1 is 1.35 bits per heavy atom. The third kappa shape index (κ3) is 3.66. The van der Waals surface area contributed by atoms with Gasteiger partial charge in [0, 0.05) is 18.1 Å². The molecule has 1 fully saturated rings. The standard InChI is InChI=1S/C16H23ClN2O/c1-12-5-4-10-19(11-12)15(20)18-16(2,3)13-6-8-14(17)9-7-13/h6-9,12H,4-5,10-11H2,1-3H3,(H,18,20). The Bertz CT molecular complexity index is 470. The molecule has 1 saturated heterocycles. The zero-order valence-corrected chi connectivity index (χ0v) is 13.2. The monoisotopic (exact) mass is 294 g/mol. The second kappa shape index (κ2) is 6.04. The van der Waals surface area contributed by atoms with E-state index >= 15 is 0 Å². The minimum atomic E-state index is -0.400. The van der Waals surface area contributed by atoms with E-state index in [0.29, 0.717) is 10.9 Å². The van der Waals surface area contributed by atoms with Gasteiger partial charge in [0.1, 0.15) is 0 Å². The van der Waals surface area contributed by atoms with E-state index in [1.165, 1.54) is 6.42 Å². The molecule has 1 aromatic carbocycles. The topological polar surface area (TPSA) is 32.3 Å². The lowest BCUT2D eigenvalue weighted by Gasteiger charge is -2.35. The average molecular weight is 295 g/mol. The van der Waals surface area contributed by atoms with Crippen molar-refractivity contribution < 1.29 is 4.79 Å². The lowest BCUT2D eigenvalue weighted by atomic mass is 9.94. The van der Waals surface area contributed by atoms with Crippen LogP contribution in [0.5, 0.6) is 0 Å². The molecule has 1 aliphatic rings. The van der Waals surface area contributed by atoms with Crippen LogP contribution in [0.4, 0.5) is 4.79 Å². The summed E-state index contributed by atoms with van der Waals surface area (Å²) in [4.78, 5) is 14.3. The average Bonchev–Trinajstić information content (AvgIpc) is 2.38. The van der Waals surface area contributed by atoms with E-state index in [4.69, 9.17) is 11.6 Å². The number of urea groups is 1. The van der Waals surface area contributed by atoms with E-state index in [1.807, 2.05) is 43.0 Å². The van der Waals surface area contributed by atoms with Gasteiger partial charge in [-0.15, -0.1) is 0 Å². The van der Waals surface area contributed by atoms with Crippen LogP contribution >= 0.6 is 11.6 Å². The van der Waals surface area contributed by atoms with Crippen LogP contribution in [0.1, 0.15) is 39.2 Å². The van der Waals surface area contributed by atoms with Gasteiger partial charge in [-0.05, 0) is 50.3 Å². The maximum absolute atomic E-state index is 12.4. The second-order valence-electron chi connectivity index (χ2n) is 6.26. The highest BCUT2D eigenvalue weighted by Crippen LogP contribution is 2.23. The number of carbonyl (C=O) groups is 1. The van der Waals surface area contributed by atoms with Crippen LogP contribution in [0.25, 0.3) is 0 Å². The number of amides is 2. The molecule has 2 amide bonds. The van der Waals surface area contributed by atoms with Crippen LogP contribution in [-0.2, 0) is 5.54 Å². The quantitative estimate of drug-likeness (QED) is 0.878. The van der Waals surface area contributed by atoms with Gasteiger partial charge in [-0.3, -0.25) is 0 Å². The molecule has 0 bridgehead atoms. The Morgan fingerprint density at radius 3 is 2.60 bits per heavy atom. The third-order valence-electron chi connectivity index (χ3n) is 3.93. The highest BCUT2D eigenvalue weighted by atomic mass is 35.5. The minimum absolute atomic E-state index is 0.0245. The summed E-state index contributed by atoms with van der Waals surface area (Å²) in [5.41, 5.74) is 0.655. The number of benzene rings is 1. The van der Waals surface area contributed by atoms with Crippen molar-refractivity contribution in [2.45, 2.75) is 39.2 Å². The third-order valence-corrected chi connectivity index (χ3v) is 4.18. The molecule has 2 rings (SSSR count). The van der Waals surface area contributed by atoms with Crippen molar-refractivity contribution in [3.8, 4) is 0 Å². The number of likely N-dealkylation sites (tertiary alicyclic amines) is 1. The van der Waals surface area contributed by atoms with Gasteiger partial charge in [-0.25, -0.2) is 4.79 Å². The van der Waals surface area contributed by atoms with Crippen molar-refractivity contribution in [3.63, 3.8) is 0 Å². The number of piperidine rings is 1. The summed E-state index contributed by atoms with van der Waals surface area (Å²) in [6.45, 7) is 7.93. The molecule has 1 atom stereocenters. The van der Waals surface area contributed by atoms with E-state index in [1.54, 1.807) is 0 Å². The van der Waals surface area contributed by atoms with Crippen LogP contribution in [0.3, 0.4) is 0 Å². The molecule has 1 unspecified atom stereocenters. The van der Waals surface area contributed by atoms with Crippen molar-refractivity contribution in [1.29, 1.82) is 0 Å². The van der Waals surface area contributed by atoms with Crippen LogP contribution in [-0.4, -0.2) is 24.0 Å². The number of carbonyl (C=O) groups excluding carboxylic acids is 1. The smallest absolute Gasteiger partial charge is 0.318 e. The summed E-state index contributed by atoms with van der Waals surface area (Å²) in [5, 5.41) is 3.84. The van der Waals surface area contributed by atoms with E-state index in [-0.39, 0.29) is 6.03 Å². The van der Waals surface area contributed by atoms with Gasteiger partial charge in [0.05, 0.1) is 5.54 Å². The van der Waals surface area contributed by atoms with Crippen molar-refractivity contribution in [3.05, 3.63) is 34.9 Å². The zero-order valence-electron chi connectivity index (χ0n) is 12.4. The number of hydrogen-bond acceptors (Lipinski definition) is 1. The summed E-state index contributed by atoms with van der Waals surface area (Å²) in [6, 6.07) is 7.65. The van der Waals surface area contributed by atoms with Crippen LogP contribution in [0.2, 0.25) is 5.02 Å². The summed E-state index contributed by atoms with van der Waals surface area (Å²) < 4.78 is 0. The second-order valence-corrected chi connectivity index (χ2v) is 6.69. The first-order chi connectivity index (χ1) is 9.38. The Kier molecular flexibility index (Phi) is 4.59. The number of nitrogens with one attached hydrogen (secondary N) is 1. The van der Waals surface area contributed by atoms with Gasteiger partial charge >= 0.3 is 6.03 Å². The van der Waals surface area contributed by atoms with Gasteiger partial charge in [-0.1, -0.05) is 30.7 Å².